The summed E-state index contributed by atoms with van der Waals surface area (Å²) in [6.07, 6.45) is 5.14. The molecule has 2 aliphatic rings. The van der Waals surface area contributed by atoms with Gasteiger partial charge in [-0.15, -0.1) is 0 Å². The molecule has 0 atom stereocenters. The molecule has 32 heavy (non-hydrogen) atoms. The zero-order valence-electron chi connectivity index (χ0n) is 18.5. The molecule has 0 fully saturated rings. The van der Waals surface area contributed by atoms with Gasteiger partial charge in [-0.25, -0.2) is 4.98 Å². The van der Waals surface area contributed by atoms with Gasteiger partial charge >= 0.3 is 0 Å². The minimum Gasteiger partial charge on any atom is -0.472 e. The molecule has 166 valence electrons. The number of anilines is 1. The molecule has 0 unspecified atom stereocenters. The third-order valence-corrected chi connectivity index (χ3v) is 6.49. The number of carbonyl (C=O) groups excluding carboxylic acids is 1. The van der Waals surface area contributed by atoms with E-state index in [-0.39, 0.29) is 5.91 Å². The molecule has 1 amide bonds. The van der Waals surface area contributed by atoms with Gasteiger partial charge in [-0.05, 0) is 59.5 Å². The molecule has 1 aliphatic heterocycles. The SMILES string of the molecule is CCCc1nc(C)c(C(=O)NCC)n1Cc1c2ccocc-2c(Br)c1-c1ccccc1N. The number of benzene rings is 1. The van der Waals surface area contributed by atoms with Crippen molar-refractivity contribution in [3.05, 3.63) is 70.1 Å². The third-order valence-electron chi connectivity index (χ3n) is 5.67. The van der Waals surface area contributed by atoms with Crippen LogP contribution in [0.3, 0.4) is 0 Å². The first-order valence-corrected chi connectivity index (χ1v) is 11.6. The van der Waals surface area contributed by atoms with Crippen LogP contribution in [0.25, 0.3) is 22.3 Å². The van der Waals surface area contributed by atoms with Crippen LogP contribution in [-0.4, -0.2) is 22.0 Å². The first-order chi connectivity index (χ1) is 15.5. The zero-order chi connectivity index (χ0) is 22.8. The van der Waals surface area contributed by atoms with Crippen molar-refractivity contribution < 1.29 is 9.21 Å². The Balaban J connectivity index is 1.96. The molecular formula is C25H27BrN4O2. The Morgan fingerprint density at radius 2 is 1.97 bits per heavy atom. The summed E-state index contributed by atoms with van der Waals surface area (Å²) in [7, 11) is 0. The first-order valence-electron chi connectivity index (χ1n) is 10.8. The Kier molecular flexibility index (Phi) is 6.37. The third kappa shape index (κ3) is 3.81. The van der Waals surface area contributed by atoms with Gasteiger partial charge < -0.3 is 20.0 Å². The second-order valence-corrected chi connectivity index (χ2v) is 8.59. The fraction of sp³-hybridized carbons (Fsp3) is 0.280. The number of nitrogens with one attached hydrogen (secondary N) is 1. The minimum atomic E-state index is -0.106. The molecule has 3 N–H and O–H groups in total. The second-order valence-electron chi connectivity index (χ2n) is 7.80. The molecule has 0 saturated heterocycles. The van der Waals surface area contributed by atoms with Crippen LogP contribution in [0.2, 0.25) is 0 Å². The molecule has 4 rings (SSSR count). The summed E-state index contributed by atoms with van der Waals surface area (Å²) in [5.74, 6) is 0.801. The van der Waals surface area contributed by atoms with Crippen LogP contribution in [0.5, 0.6) is 0 Å². The minimum absolute atomic E-state index is 0.106. The van der Waals surface area contributed by atoms with Crippen molar-refractivity contribution >= 4 is 27.5 Å². The van der Waals surface area contributed by atoms with Crippen molar-refractivity contribution in [1.29, 1.82) is 0 Å². The summed E-state index contributed by atoms with van der Waals surface area (Å²) in [4.78, 5) is 17.7. The average molecular weight is 495 g/mol. The van der Waals surface area contributed by atoms with Crippen molar-refractivity contribution in [3.63, 3.8) is 0 Å². The van der Waals surface area contributed by atoms with Crippen molar-refractivity contribution in [2.45, 2.75) is 40.2 Å². The number of fused-ring (bicyclic) bond motifs is 1. The normalized spacial score (nSPS) is 11.2. The number of nitrogen functional groups attached to an aromatic ring is 1. The first kappa shape index (κ1) is 22.1. The van der Waals surface area contributed by atoms with Crippen LogP contribution >= 0.6 is 15.9 Å². The van der Waals surface area contributed by atoms with Gasteiger partial charge in [0.2, 0.25) is 0 Å². The summed E-state index contributed by atoms with van der Waals surface area (Å²) in [5.41, 5.74) is 13.5. The summed E-state index contributed by atoms with van der Waals surface area (Å²) in [5, 5.41) is 2.94. The van der Waals surface area contributed by atoms with E-state index in [0.717, 1.165) is 56.6 Å². The topological polar surface area (TPSA) is 86.1 Å². The molecule has 2 heterocycles. The molecule has 1 aromatic heterocycles. The lowest BCUT2D eigenvalue weighted by Gasteiger charge is -2.15. The van der Waals surface area contributed by atoms with Gasteiger partial charge in [-0.1, -0.05) is 25.1 Å². The zero-order valence-corrected chi connectivity index (χ0v) is 20.1. The van der Waals surface area contributed by atoms with E-state index >= 15 is 0 Å². The van der Waals surface area contributed by atoms with Gasteiger partial charge in [0.05, 0.1) is 24.8 Å². The lowest BCUT2D eigenvalue weighted by molar-refractivity contribution is 0.0946. The highest BCUT2D eigenvalue weighted by Crippen LogP contribution is 2.47. The van der Waals surface area contributed by atoms with Crippen LogP contribution in [0.1, 0.15) is 47.8 Å². The van der Waals surface area contributed by atoms with Crippen molar-refractivity contribution in [1.82, 2.24) is 14.9 Å². The maximum atomic E-state index is 13.0. The highest BCUT2D eigenvalue weighted by Gasteiger charge is 2.27. The van der Waals surface area contributed by atoms with Crippen LogP contribution < -0.4 is 11.1 Å². The fourth-order valence-electron chi connectivity index (χ4n) is 4.28. The highest BCUT2D eigenvalue weighted by molar-refractivity contribution is 9.10. The maximum Gasteiger partial charge on any atom is 0.269 e. The quantitative estimate of drug-likeness (QED) is 0.325. The number of nitrogens with zero attached hydrogens (tertiary/aromatic N) is 2. The van der Waals surface area contributed by atoms with E-state index in [2.05, 4.69) is 32.7 Å². The molecule has 1 aliphatic carbocycles. The molecule has 0 spiro atoms. The largest absolute Gasteiger partial charge is 0.472 e. The Hall–Kier alpha value is -3.06. The van der Waals surface area contributed by atoms with E-state index in [1.54, 1.807) is 12.5 Å². The molecule has 0 saturated carbocycles. The summed E-state index contributed by atoms with van der Waals surface area (Å²) >= 11 is 3.79. The number of nitrogens with two attached hydrogens (primary N) is 1. The summed E-state index contributed by atoms with van der Waals surface area (Å²) < 4.78 is 8.45. The Morgan fingerprint density at radius 1 is 1.19 bits per heavy atom. The summed E-state index contributed by atoms with van der Waals surface area (Å²) in [6.45, 7) is 6.99. The number of hydrogen-bond donors (Lipinski definition) is 2. The lowest BCUT2D eigenvalue weighted by atomic mass is 10.0. The van der Waals surface area contributed by atoms with E-state index in [0.29, 0.717) is 24.5 Å². The number of amides is 1. The van der Waals surface area contributed by atoms with Crippen LogP contribution in [0.4, 0.5) is 5.69 Å². The van der Waals surface area contributed by atoms with Crippen LogP contribution in [-0.2, 0) is 13.0 Å². The molecule has 6 nitrogen and oxygen atoms in total. The molecule has 0 radical (unpaired) electrons. The van der Waals surface area contributed by atoms with E-state index < -0.39 is 0 Å². The molecule has 7 heteroatoms. The van der Waals surface area contributed by atoms with Gasteiger partial charge in [0, 0.05) is 39.8 Å². The van der Waals surface area contributed by atoms with E-state index in [9.17, 15) is 4.79 Å². The average Bonchev–Trinajstić information content (AvgIpc) is 3.23. The van der Waals surface area contributed by atoms with Crippen molar-refractivity contribution in [3.8, 4) is 22.3 Å². The molecule has 0 bridgehead atoms. The number of hydrogen-bond acceptors (Lipinski definition) is 4. The van der Waals surface area contributed by atoms with Gasteiger partial charge in [-0.3, -0.25) is 4.79 Å². The Labute approximate surface area is 196 Å². The lowest BCUT2D eigenvalue weighted by Crippen LogP contribution is -2.27. The number of carbonyl (C=O) groups is 1. The van der Waals surface area contributed by atoms with Crippen molar-refractivity contribution in [2.24, 2.45) is 0 Å². The predicted octanol–water partition coefficient (Wildman–Crippen LogP) is 5.65. The predicted molar refractivity (Wildman–Crippen MR) is 131 cm³/mol. The molecule has 1 aromatic carbocycles. The van der Waals surface area contributed by atoms with Crippen molar-refractivity contribution in [2.75, 3.05) is 12.3 Å². The van der Waals surface area contributed by atoms with Gasteiger partial charge in [-0.2, -0.15) is 0 Å². The Bertz CT molecular complexity index is 1240. The smallest absolute Gasteiger partial charge is 0.269 e. The fourth-order valence-corrected chi connectivity index (χ4v) is 5.04. The summed E-state index contributed by atoms with van der Waals surface area (Å²) in [6, 6.07) is 9.79. The maximum absolute atomic E-state index is 13.0. The van der Waals surface area contributed by atoms with E-state index in [1.807, 2.05) is 44.2 Å². The van der Waals surface area contributed by atoms with E-state index in [1.165, 1.54) is 0 Å². The number of aryl methyl sites for hydroxylation is 2. The van der Waals surface area contributed by atoms with Gasteiger partial charge in [0.1, 0.15) is 11.5 Å². The Morgan fingerprint density at radius 3 is 2.69 bits per heavy atom. The molecule has 2 aromatic rings. The van der Waals surface area contributed by atoms with Gasteiger partial charge in [0.15, 0.2) is 0 Å². The standard InChI is InChI=1S/C25H27BrN4O2/c1-4-8-21-29-15(3)24(25(31)28-5-2)30(21)13-18-16-11-12-32-14-19(16)23(26)22(18)17-9-6-7-10-20(17)27/h6-7,9-12,14H,4-5,8,13,27H2,1-3H3,(H,28,31). The van der Waals surface area contributed by atoms with E-state index in [4.69, 9.17) is 15.1 Å². The van der Waals surface area contributed by atoms with Crippen LogP contribution in [0.15, 0.2) is 51.7 Å². The van der Waals surface area contributed by atoms with Gasteiger partial charge in [0.25, 0.3) is 5.91 Å². The second kappa shape index (κ2) is 9.20. The number of rotatable bonds is 7. The number of para-hydroxylation sites is 1. The highest BCUT2D eigenvalue weighted by atomic mass is 79.9. The number of halogens is 1. The molecular weight excluding hydrogens is 468 g/mol. The number of imidazole rings is 1. The van der Waals surface area contributed by atoms with Crippen LogP contribution in [0, 0.1) is 6.92 Å². The monoisotopic (exact) mass is 494 g/mol. The number of aromatic nitrogens is 2.